The zero-order valence-corrected chi connectivity index (χ0v) is 12.0. The molecule has 1 aromatic heterocycles. The molecule has 0 spiro atoms. The monoisotopic (exact) mass is 369 g/mol. The maximum absolute atomic E-state index is 12.7. The number of rotatable bonds is 4. The maximum atomic E-state index is 12.7. The fourth-order valence-electron chi connectivity index (χ4n) is 1.66. The molecule has 0 aromatic carbocycles. The molecule has 1 rings (SSSR count). The van der Waals surface area contributed by atoms with Gasteiger partial charge < -0.3 is 5.32 Å². The van der Waals surface area contributed by atoms with Crippen molar-refractivity contribution in [3.63, 3.8) is 0 Å². The van der Waals surface area contributed by atoms with E-state index >= 15 is 0 Å². The molecule has 0 bridgehead atoms. The Labute approximate surface area is 118 Å². The maximum Gasteiger partial charge on any atom is 0.402 e. The normalized spacial score (nSPS) is 15.0. The minimum Gasteiger partial charge on any atom is -0.309 e. The van der Waals surface area contributed by atoms with Crippen molar-refractivity contribution < 1.29 is 26.3 Å². The van der Waals surface area contributed by atoms with Gasteiger partial charge in [-0.25, -0.2) is 0 Å². The van der Waals surface area contributed by atoms with Gasteiger partial charge in [0.15, 0.2) is 5.92 Å². The summed E-state index contributed by atoms with van der Waals surface area (Å²) in [5.74, 6) is -3.43. The highest BCUT2D eigenvalue weighted by Crippen LogP contribution is 2.47. The van der Waals surface area contributed by atoms with E-state index in [0.29, 0.717) is 3.79 Å². The fraction of sp³-hybridized carbons (Fsp3) is 0.600. The van der Waals surface area contributed by atoms with Gasteiger partial charge in [0, 0.05) is 4.88 Å². The van der Waals surface area contributed by atoms with E-state index in [-0.39, 0.29) is 11.4 Å². The first-order chi connectivity index (χ1) is 8.57. The van der Waals surface area contributed by atoms with Gasteiger partial charge in [0.1, 0.15) is 0 Å². The van der Waals surface area contributed by atoms with Crippen LogP contribution >= 0.6 is 27.3 Å². The van der Waals surface area contributed by atoms with Crippen LogP contribution < -0.4 is 5.32 Å². The number of nitrogens with one attached hydrogen (secondary N) is 1. The average molecular weight is 370 g/mol. The van der Waals surface area contributed by atoms with Gasteiger partial charge in [0.05, 0.1) is 9.83 Å². The Morgan fingerprint density at radius 1 is 1.16 bits per heavy atom. The second-order valence-electron chi connectivity index (χ2n) is 3.74. The van der Waals surface area contributed by atoms with Crippen molar-refractivity contribution in [2.75, 3.05) is 6.54 Å². The van der Waals surface area contributed by atoms with Gasteiger partial charge in [-0.05, 0) is 34.6 Å². The molecule has 0 radical (unpaired) electrons. The van der Waals surface area contributed by atoms with E-state index in [1.165, 1.54) is 19.1 Å². The lowest BCUT2D eigenvalue weighted by atomic mass is 9.97. The van der Waals surface area contributed by atoms with Crippen LogP contribution in [0.25, 0.3) is 0 Å². The Bertz CT molecular complexity index is 399. The van der Waals surface area contributed by atoms with E-state index in [1.54, 1.807) is 0 Å². The fourth-order valence-corrected chi connectivity index (χ4v) is 3.20. The summed E-state index contributed by atoms with van der Waals surface area (Å²) >= 11 is 3.88. The van der Waals surface area contributed by atoms with Crippen LogP contribution in [0.2, 0.25) is 0 Å². The van der Waals surface area contributed by atoms with Crippen LogP contribution in [0.4, 0.5) is 26.3 Å². The first kappa shape index (κ1) is 16.8. The molecule has 0 amide bonds. The van der Waals surface area contributed by atoms with E-state index in [4.69, 9.17) is 0 Å². The lowest BCUT2D eigenvalue weighted by Crippen LogP contribution is -2.45. The zero-order chi connectivity index (χ0) is 14.8. The van der Waals surface area contributed by atoms with Crippen LogP contribution in [0, 0.1) is 5.92 Å². The molecule has 110 valence electrons. The summed E-state index contributed by atoms with van der Waals surface area (Å²) in [6.45, 7) is 1.46. The Balaban J connectivity index is 3.20. The number of halogens is 7. The standard InChI is InChI=1S/C10H10BrF6NS/c1-2-18-7(5-3-4-6(11)19-5)8(9(12,13)14)10(15,16)17/h3-4,7-8,18H,2H2,1H3. The molecular weight excluding hydrogens is 360 g/mol. The van der Waals surface area contributed by atoms with E-state index in [1.807, 2.05) is 0 Å². The topological polar surface area (TPSA) is 12.0 Å². The van der Waals surface area contributed by atoms with E-state index < -0.39 is 24.3 Å². The first-order valence-electron chi connectivity index (χ1n) is 5.19. The highest BCUT2D eigenvalue weighted by molar-refractivity contribution is 9.11. The SMILES string of the molecule is CCNC(c1ccc(Br)s1)C(C(F)(F)F)C(F)(F)F. The third-order valence-corrected chi connectivity index (χ3v) is 4.07. The molecule has 1 heterocycles. The molecule has 0 fully saturated rings. The quantitative estimate of drug-likeness (QED) is 0.744. The molecule has 19 heavy (non-hydrogen) atoms. The van der Waals surface area contributed by atoms with Gasteiger partial charge in [-0.1, -0.05) is 6.92 Å². The molecular formula is C10H10BrF6NS. The summed E-state index contributed by atoms with van der Waals surface area (Å²) < 4.78 is 76.8. The average Bonchev–Trinajstić information content (AvgIpc) is 2.59. The zero-order valence-electron chi connectivity index (χ0n) is 9.57. The van der Waals surface area contributed by atoms with Gasteiger partial charge >= 0.3 is 12.4 Å². The molecule has 9 heteroatoms. The molecule has 0 aliphatic heterocycles. The number of hydrogen-bond acceptors (Lipinski definition) is 2. The summed E-state index contributed by atoms with van der Waals surface area (Å²) in [6.07, 6.45) is -10.7. The van der Waals surface area contributed by atoms with Crippen LogP contribution in [-0.2, 0) is 0 Å². The lowest BCUT2D eigenvalue weighted by molar-refractivity contribution is -0.292. The summed E-state index contributed by atoms with van der Waals surface area (Å²) in [4.78, 5) is -0.00613. The second kappa shape index (κ2) is 6.01. The third-order valence-electron chi connectivity index (χ3n) is 2.36. The van der Waals surface area contributed by atoms with E-state index in [2.05, 4.69) is 21.2 Å². The van der Waals surface area contributed by atoms with Gasteiger partial charge in [0.2, 0.25) is 0 Å². The molecule has 1 N–H and O–H groups in total. The van der Waals surface area contributed by atoms with Crippen molar-refractivity contribution in [2.45, 2.75) is 25.3 Å². The van der Waals surface area contributed by atoms with Crippen LogP contribution in [-0.4, -0.2) is 18.9 Å². The molecule has 1 aromatic rings. The third kappa shape index (κ3) is 4.35. The predicted octanol–water partition coefficient (Wildman–Crippen LogP) is 4.90. The molecule has 1 unspecified atom stereocenters. The largest absolute Gasteiger partial charge is 0.402 e. The number of alkyl halides is 6. The molecule has 1 nitrogen and oxygen atoms in total. The van der Waals surface area contributed by atoms with Gasteiger partial charge in [-0.2, -0.15) is 26.3 Å². The van der Waals surface area contributed by atoms with Crippen molar-refractivity contribution in [3.05, 3.63) is 20.8 Å². The highest BCUT2D eigenvalue weighted by Gasteiger charge is 2.60. The lowest BCUT2D eigenvalue weighted by Gasteiger charge is -2.30. The van der Waals surface area contributed by atoms with E-state index in [0.717, 1.165) is 11.3 Å². The molecule has 0 aliphatic rings. The Hall–Kier alpha value is -0.280. The Morgan fingerprint density at radius 2 is 1.68 bits per heavy atom. The van der Waals surface area contributed by atoms with E-state index in [9.17, 15) is 26.3 Å². The molecule has 1 atom stereocenters. The van der Waals surface area contributed by atoms with Gasteiger partial charge in [-0.3, -0.25) is 0 Å². The number of thiophene rings is 1. The van der Waals surface area contributed by atoms with Crippen LogP contribution in [0.5, 0.6) is 0 Å². The van der Waals surface area contributed by atoms with Crippen molar-refractivity contribution in [3.8, 4) is 0 Å². The predicted molar refractivity (Wildman–Crippen MR) is 64.0 cm³/mol. The molecule has 0 aliphatic carbocycles. The highest BCUT2D eigenvalue weighted by atomic mass is 79.9. The molecule has 0 saturated carbocycles. The minimum absolute atomic E-state index is 0.00282. The van der Waals surface area contributed by atoms with Crippen molar-refractivity contribution in [2.24, 2.45) is 5.92 Å². The summed E-state index contributed by atoms with van der Waals surface area (Å²) in [6, 6.07) is 0.849. The Kier molecular flexibility index (Phi) is 5.30. The van der Waals surface area contributed by atoms with Gasteiger partial charge in [-0.15, -0.1) is 11.3 Å². The molecule has 0 saturated heterocycles. The van der Waals surface area contributed by atoms with Crippen LogP contribution in [0.3, 0.4) is 0 Å². The minimum atomic E-state index is -5.36. The Morgan fingerprint density at radius 3 is 2.00 bits per heavy atom. The van der Waals surface area contributed by atoms with Crippen LogP contribution in [0.15, 0.2) is 15.9 Å². The number of hydrogen-bond donors (Lipinski definition) is 1. The van der Waals surface area contributed by atoms with Crippen molar-refractivity contribution >= 4 is 27.3 Å². The smallest absolute Gasteiger partial charge is 0.309 e. The summed E-state index contributed by atoms with van der Waals surface area (Å²) in [7, 11) is 0. The summed E-state index contributed by atoms with van der Waals surface area (Å²) in [5, 5.41) is 2.28. The second-order valence-corrected chi connectivity index (χ2v) is 6.23. The van der Waals surface area contributed by atoms with Crippen molar-refractivity contribution in [1.82, 2.24) is 5.32 Å². The van der Waals surface area contributed by atoms with Crippen LogP contribution in [0.1, 0.15) is 17.8 Å². The summed E-state index contributed by atoms with van der Waals surface area (Å²) in [5.41, 5.74) is 0. The van der Waals surface area contributed by atoms with Gasteiger partial charge in [0.25, 0.3) is 0 Å². The van der Waals surface area contributed by atoms with Crippen molar-refractivity contribution in [1.29, 1.82) is 0 Å². The first-order valence-corrected chi connectivity index (χ1v) is 6.80.